The Morgan fingerprint density at radius 1 is 0.986 bits per heavy atom. The highest BCUT2D eigenvalue weighted by Crippen LogP contribution is 2.44. The third kappa shape index (κ3) is 10.3. The highest BCUT2D eigenvalue weighted by Gasteiger charge is 2.45. The number of alkyl halides is 2. The molecular weight excluding hydrogens is 931 g/mol. The first-order valence-electron chi connectivity index (χ1n) is 24.5. The van der Waals surface area contributed by atoms with Gasteiger partial charge >= 0.3 is 0 Å². The Hall–Kier alpha value is -6.18. The fourth-order valence-corrected chi connectivity index (χ4v) is 11.1. The predicted octanol–water partition coefficient (Wildman–Crippen LogP) is 6.96. The first-order chi connectivity index (χ1) is 34.0. The number of aliphatic hydroxyl groups is 1. The number of hydrogen-bond acceptors (Lipinski definition) is 12. The van der Waals surface area contributed by atoms with Crippen molar-refractivity contribution < 1.29 is 37.8 Å². The molecule has 0 bridgehead atoms. The monoisotopic (exact) mass is 992 g/mol. The number of nitrogens with one attached hydrogen (secondary N) is 2. The van der Waals surface area contributed by atoms with Crippen molar-refractivity contribution >= 4 is 46.5 Å². The van der Waals surface area contributed by atoms with E-state index in [-0.39, 0.29) is 48.4 Å². The van der Waals surface area contributed by atoms with Crippen LogP contribution in [0.2, 0.25) is 0 Å². The second kappa shape index (κ2) is 20.5. The predicted molar refractivity (Wildman–Crippen MR) is 264 cm³/mol. The normalized spacial score (nSPS) is 19.3. The zero-order valence-electron chi connectivity index (χ0n) is 41.1. The molecule has 7 heterocycles. The quantitative estimate of drug-likeness (QED) is 0.117. The first-order valence-corrected chi connectivity index (χ1v) is 25.4. The van der Waals surface area contributed by atoms with E-state index in [1.807, 2.05) is 41.0 Å². The number of aryl methyl sites for hydroxylation is 2. The maximum Gasteiger partial charge on any atom is 0.264 e. The number of rotatable bonds is 12. The van der Waals surface area contributed by atoms with Crippen LogP contribution in [-0.2, 0) is 49.8 Å². The molecule has 376 valence electrons. The van der Waals surface area contributed by atoms with E-state index < -0.39 is 53.7 Å². The number of thiazole rings is 1. The summed E-state index contributed by atoms with van der Waals surface area (Å²) in [5.41, 5.74) is 7.84. The molecule has 16 nitrogen and oxygen atoms in total. The van der Waals surface area contributed by atoms with Crippen molar-refractivity contribution in [3.63, 3.8) is 0 Å². The molecule has 5 aromatic rings. The van der Waals surface area contributed by atoms with Gasteiger partial charge in [-0.2, -0.15) is 5.10 Å². The summed E-state index contributed by atoms with van der Waals surface area (Å²) in [6, 6.07) is 9.24. The van der Waals surface area contributed by atoms with E-state index >= 15 is 8.78 Å². The summed E-state index contributed by atoms with van der Waals surface area (Å²) in [4.78, 5) is 74.2. The highest BCUT2D eigenvalue weighted by molar-refractivity contribution is 7.13. The van der Waals surface area contributed by atoms with E-state index in [4.69, 9.17) is 9.84 Å². The number of β-amino-alcohol motifs (C(OH)–C–C–N with tert-alkyl or cyclic N) is 1. The Labute approximate surface area is 416 Å². The number of aliphatic hydroxyl groups excluding tert-OH is 1. The molecule has 2 aromatic carbocycles. The summed E-state index contributed by atoms with van der Waals surface area (Å²) in [5, 5.41) is 21.7. The zero-order valence-corrected chi connectivity index (χ0v) is 41.9. The largest absolute Gasteiger partial charge is 0.391 e. The summed E-state index contributed by atoms with van der Waals surface area (Å²) in [5.74, 6) is -1.62. The number of hydrogen-bond donors (Lipinski definition) is 3. The lowest BCUT2D eigenvalue weighted by Crippen LogP contribution is -2.58. The van der Waals surface area contributed by atoms with Gasteiger partial charge in [-0.05, 0) is 79.3 Å². The first kappa shape index (κ1) is 49.8. The minimum atomic E-state index is -2.84. The van der Waals surface area contributed by atoms with Crippen molar-refractivity contribution in [1.82, 2.24) is 45.2 Å². The molecule has 0 saturated carbocycles. The molecule has 0 radical (unpaired) electrons. The lowest BCUT2D eigenvalue weighted by atomic mass is 9.85. The number of carbonyl (C=O) groups excluding carboxylic acids is 4. The van der Waals surface area contributed by atoms with Crippen molar-refractivity contribution in [3.05, 3.63) is 93.8 Å². The maximum atomic E-state index is 15.2. The molecule has 4 atom stereocenters. The SMILES string of the molecule is CC(=O)N1CCc2c(c(N3CCCc4cc(-c5cnc([C@H](C)C(=O)N[C@H](C(=O)N6C[C@H](O)C[C@H]6C(=O)NCc6ccc(-c7scnc7C)cc6)C(C)(C)C)nc5)c(C(F)F)cc43)nn2C2CCOCC2)C1. The van der Waals surface area contributed by atoms with Crippen LogP contribution in [0.5, 0.6) is 0 Å². The van der Waals surface area contributed by atoms with Gasteiger partial charge in [0.25, 0.3) is 6.43 Å². The minimum Gasteiger partial charge on any atom is -0.391 e. The van der Waals surface area contributed by atoms with Crippen LogP contribution in [0.3, 0.4) is 0 Å². The van der Waals surface area contributed by atoms with Gasteiger partial charge in [0.2, 0.25) is 23.6 Å². The molecule has 4 amide bonds. The molecule has 4 aliphatic heterocycles. The van der Waals surface area contributed by atoms with E-state index in [0.717, 1.165) is 57.8 Å². The number of ether oxygens (including phenoxy) is 1. The van der Waals surface area contributed by atoms with Crippen molar-refractivity contribution in [1.29, 1.82) is 0 Å². The van der Waals surface area contributed by atoms with Crippen molar-refractivity contribution in [2.24, 2.45) is 5.41 Å². The van der Waals surface area contributed by atoms with E-state index in [1.165, 1.54) is 17.3 Å². The summed E-state index contributed by atoms with van der Waals surface area (Å²) >= 11 is 1.56. The van der Waals surface area contributed by atoms with Gasteiger partial charge in [-0.15, -0.1) is 11.3 Å². The number of nitrogens with zero attached hydrogens (tertiary/aromatic N) is 8. The number of carbonyl (C=O) groups is 4. The number of halogens is 2. The Morgan fingerprint density at radius 3 is 2.38 bits per heavy atom. The van der Waals surface area contributed by atoms with Gasteiger partial charge in [0.05, 0.1) is 40.7 Å². The molecule has 0 spiro atoms. The third-order valence-electron chi connectivity index (χ3n) is 14.4. The van der Waals surface area contributed by atoms with E-state index in [2.05, 4.69) is 30.3 Å². The van der Waals surface area contributed by atoms with Crippen LogP contribution in [-0.4, -0.2) is 114 Å². The Balaban J connectivity index is 0.900. The number of aromatic nitrogens is 5. The lowest BCUT2D eigenvalue weighted by molar-refractivity contribution is -0.144. The number of anilines is 2. The third-order valence-corrected chi connectivity index (χ3v) is 15.3. The van der Waals surface area contributed by atoms with Gasteiger partial charge in [-0.25, -0.2) is 23.7 Å². The van der Waals surface area contributed by atoms with Gasteiger partial charge in [-0.1, -0.05) is 45.0 Å². The fourth-order valence-electron chi connectivity index (χ4n) is 10.3. The summed E-state index contributed by atoms with van der Waals surface area (Å²) in [6.45, 7) is 13.5. The molecule has 19 heteroatoms. The van der Waals surface area contributed by atoms with E-state index in [1.54, 1.807) is 63.6 Å². The van der Waals surface area contributed by atoms with Crippen LogP contribution in [0.25, 0.3) is 21.6 Å². The van der Waals surface area contributed by atoms with E-state index in [9.17, 15) is 24.3 Å². The second-order valence-corrected chi connectivity index (χ2v) is 21.1. The Morgan fingerprint density at radius 2 is 1.72 bits per heavy atom. The van der Waals surface area contributed by atoms with Crippen LogP contribution < -0.4 is 15.5 Å². The van der Waals surface area contributed by atoms with Crippen LogP contribution >= 0.6 is 11.3 Å². The Bertz CT molecular complexity index is 2790. The summed E-state index contributed by atoms with van der Waals surface area (Å²) in [7, 11) is 0. The number of likely N-dealkylation sites (tertiary alicyclic amines) is 1. The second-order valence-electron chi connectivity index (χ2n) is 20.3. The van der Waals surface area contributed by atoms with E-state index in [0.29, 0.717) is 62.8 Å². The highest BCUT2D eigenvalue weighted by atomic mass is 32.1. The average Bonchev–Trinajstić information content (AvgIpc) is 4.10. The lowest BCUT2D eigenvalue weighted by Gasteiger charge is -2.35. The zero-order chi connectivity index (χ0) is 50.3. The molecule has 3 aromatic heterocycles. The Kier molecular flexibility index (Phi) is 14.4. The van der Waals surface area contributed by atoms with Crippen LogP contribution in [0.1, 0.15) is 118 Å². The average molecular weight is 993 g/mol. The molecule has 71 heavy (non-hydrogen) atoms. The van der Waals surface area contributed by atoms with Crippen molar-refractivity contribution in [3.8, 4) is 21.6 Å². The number of benzene rings is 2. The molecular formula is C52H62F2N10O6S. The fraction of sp³-hybridized carbons (Fsp3) is 0.500. The maximum absolute atomic E-state index is 15.2. The minimum absolute atomic E-state index is 0.0239. The molecule has 9 rings (SSSR count). The summed E-state index contributed by atoms with van der Waals surface area (Å²) in [6.07, 6.45) is 2.87. The van der Waals surface area contributed by atoms with Crippen LogP contribution in [0, 0.1) is 12.3 Å². The smallest absolute Gasteiger partial charge is 0.264 e. The van der Waals surface area contributed by atoms with Crippen LogP contribution in [0.15, 0.2) is 54.3 Å². The molecule has 0 aliphatic carbocycles. The summed E-state index contributed by atoms with van der Waals surface area (Å²) < 4.78 is 38.1. The van der Waals surface area contributed by atoms with Gasteiger partial charge in [-0.3, -0.25) is 23.9 Å². The standard InChI is InChI=1S/C52H62F2N10O6S/c1-29(49(67)59-45(52(4,5)6)51(69)63-26-37(66)21-43(63)50(68)57-23-32-9-11-33(12-10-32)44-30(2)58-28-71-44)47-55-24-35(25-56-47)38-20-34-8-7-16-62(42(34)22-39(38)46(53)54)48-40-27-61(31(3)65)17-13-41(40)64(60-48)36-14-18-70-19-15-36/h9-12,20,22,24-25,28-29,36-37,43,45-46,66H,7-8,13-19,21,23,26-27H2,1-6H3,(H,57,68)(H,59,67)/t29-,37+,43-,45+/m0/s1. The van der Waals surface area contributed by atoms with Gasteiger partial charge in [0.1, 0.15) is 17.9 Å². The molecule has 2 fully saturated rings. The molecule has 4 aliphatic rings. The molecule has 0 unspecified atom stereocenters. The molecule has 2 saturated heterocycles. The van der Waals surface area contributed by atoms with Gasteiger partial charge < -0.3 is 35.2 Å². The van der Waals surface area contributed by atoms with Crippen LogP contribution in [0.4, 0.5) is 20.3 Å². The number of amides is 4. The van der Waals surface area contributed by atoms with Gasteiger partial charge in [0.15, 0.2) is 5.82 Å². The topological polar surface area (TPSA) is 188 Å². The van der Waals surface area contributed by atoms with Crippen molar-refractivity contribution in [2.75, 3.05) is 37.7 Å². The van der Waals surface area contributed by atoms with Crippen molar-refractivity contribution in [2.45, 2.75) is 130 Å². The van der Waals surface area contributed by atoms with Gasteiger partial charge in [0, 0.05) is 99.6 Å². The number of fused-ring (bicyclic) bond motifs is 2. The molecule has 3 N–H and O–H groups in total.